The van der Waals surface area contributed by atoms with Crippen LogP contribution in [-0.4, -0.2) is 11.0 Å². The Hall–Kier alpha value is 0.350. The summed E-state index contributed by atoms with van der Waals surface area (Å²) in [6, 6.07) is 0. The second-order valence-electron chi connectivity index (χ2n) is 2.09. The van der Waals surface area contributed by atoms with Crippen molar-refractivity contribution in [2.45, 2.75) is 38.9 Å². The first-order valence-corrected chi connectivity index (χ1v) is 4.47. The van der Waals surface area contributed by atoms with Crippen molar-refractivity contribution in [2.24, 2.45) is 0 Å². The normalized spacial score (nSPS) is 13.9. The van der Waals surface area contributed by atoms with E-state index in [2.05, 4.69) is 32.5 Å². The molecule has 0 rings (SSSR count). The highest BCUT2D eigenvalue weighted by molar-refractivity contribution is 7.99. The van der Waals surface area contributed by atoms with E-state index >= 15 is 0 Å². The van der Waals surface area contributed by atoms with E-state index in [1.54, 1.807) is 0 Å². The molecule has 0 aliphatic carbocycles. The van der Waals surface area contributed by atoms with Crippen molar-refractivity contribution in [2.75, 3.05) is 5.75 Å². The zero-order valence-corrected chi connectivity index (χ0v) is 6.92. The maximum atomic E-state index is 2.29. The van der Waals surface area contributed by atoms with E-state index in [1.165, 1.54) is 18.6 Å². The molecule has 0 fully saturated rings. The molecule has 1 atom stereocenters. The molecule has 0 nitrogen and oxygen atoms in total. The van der Waals surface area contributed by atoms with Gasteiger partial charge in [0.25, 0.3) is 0 Å². The molecule has 0 aliphatic heterocycles. The Labute approximate surface area is 57.1 Å². The number of hydrogen-bond acceptors (Lipinski definition) is 1. The summed E-state index contributed by atoms with van der Waals surface area (Å²) in [6.07, 6.45) is 2.62. The molecule has 0 aliphatic rings. The van der Waals surface area contributed by atoms with Gasteiger partial charge in [0.2, 0.25) is 0 Å². The van der Waals surface area contributed by atoms with Crippen LogP contribution in [0.5, 0.6) is 0 Å². The second kappa shape index (κ2) is 5.49. The van der Waals surface area contributed by atoms with Crippen molar-refractivity contribution in [1.82, 2.24) is 0 Å². The van der Waals surface area contributed by atoms with Crippen LogP contribution >= 0.6 is 11.8 Å². The average Bonchev–Trinajstić information content (AvgIpc) is 1.83. The van der Waals surface area contributed by atoms with Gasteiger partial charge in [-0.05, 0) is 18.6 Å². The zero-order chi connectivity index (χ0) is 6.41. The van der Waals surface area contributed by atoms with E-state index in [0.29, 0.717) is 0 Å². The van der Waals surface area contributed by atoms with Gasteiger partial charge in [-0.25, -0.2) is 0 Å². The van der Waals surface area contributed by atoms with Crippen molar-refractivity contribution >= 4 is 11.8 Å². The molecule has 0 unspecified atom stereocenters. The molecule has 0 aromatic carbocycles. The largest absolute Gasteiger partial charge is 0.159 e. The van der Waals surface area contributed by atoms with Crippen LogP contribution in [-0.2, 0) is 0 Å². The predicted molar refractivity (Wildman–Crippen MR) is 42.5 cm³/mol. The fourth-order valence-electron chi connectivity index (χ4n) is 0.437. The van der Waals surface area contributed by atoms with E-state index in [-0.39, 0.29) is 0 Å². The summed E-state index contributed by atoms with van der Waals surface area (Å²) in [7, 11) is 0. The molecule has 0 saturated heterocycles. The maximum absolute atomic E-state index is 2.29. The predicted octanol–water partition coefficient (Wildman–Crippen LogP) is 2.93. The smallest absolute Gasteiger partial charge is 0.00160 e. The summed E-state index contributed by atoms with van der Waals surface area (Å²) in [4.78, 5) is 0. The van der Waals surface area contributed by atoms with Crippen LogP contribution in [0.3, 0.4) is 0 Å². The minimum Gasteiger partial charge on any atom is -0.159 e. The SMILES string of the molecule is CCCS[C@@H](C)CC. The molecule has 0 radical (unpaired) electrons. The molecule has 0 bridgehead atoms. The fourth-order valence-corrected chi connectivity index (χ4v) is 1.31. The van der Waals surface area contributed by atoms with E-state index in [9.17, 15) is 0 Å². The molecule has 0 spiro atoms. The van der Waals surface area contributed by atoms with Crippen LogP contribution in [0.15, 0.2) is 0 Å². The van der Waals surface area contributed by atoms with Crippen LogP contribution in [0.4, 0.5) is 0 Å². The Balaban J connectivity index is 2.86. The summed E-state index contributed by atoms with van der Waals surface area (Å²) in [5.41, 5.74) is 0. The number of thioether (sulfide) groups is 1. The molecule has 0 aromatic rings. The standard InChI is InChI=1S/C7H16S/c1-4-6-8-7(3)5-2/h7H,4-6H2,1-3H3/t7-/m0/s1. The van der Waals surface area contributed by atoms with Crippen molar-refractivity contribution in [1.29, 1.82) is 0 Å². The molecule has 0 amide bonds. The molecule has 0 heterocycles. The van der Waals surface area contributed by atoms with E-state index in [4.69, 9.17) is 0 Å². The third-order valence-corrected chi connectivity index (χ3v) is 2.73. The highest BCUT2D eigenvalue weighted by Gasteiger charge is 1.94. The highest BCUT2D eigenvalue weighted by Crippen LogP contribution is 2.13. The summed E-state index contributed by atoms with van der Waals surface area (Å²) in [5, 5.41) is 0.870. The lowest BCUT2D eigenvalue weighted by atomic mass is 10.4. The first-order valence-electron chi connectivity index (χ1n) is 3.42. The van der Waals surface area contributed by atoms with Crippen molar-refractivity contribution < 1.29 is 0 Å². The van der Waals surface area contributed by atoms with E-state index in [1.807, 2.05) is 0 Å². The molecule has 50 valence electrons. The highest BCUT2D eigenvalue weighted by atomic mass is 32.2. The van der Waals surface area contributed by atoms with Gasteiger partial charge in [0, 0.05) is 5.25 Å². The van der Waals surface area contributed by atoms with Crippen LogP contribution < -0.4 is 0 Å². The van der Waals surface area contributed by atoms with Gasteiger partial charge in [0.15, 0.2) is 0 Å². The minimum atomic E-state index is 0.870. The Kier molecular flexibility index (Phi) is 5.73. The van der Waals surface area contributed by atoms with Gasteiger partial charge in [0.1, 0.15) is 0 Å². The molecular formula is C7H16S. The van der Waals surface area contributed by atoms with Gasteiger partial charge < -0.3 is 0 Å². The van der Waals surface area contributed by atoms with Crippen LogP contribution in [0.1, 0.15) is 33.6 Å². The molecule has 8 heavy (non-hydrogen) atoms. The molecule has 0 N–H and O–H groups in total. The molecule has 1 heteroatoms. The second-order valence-corrected chi connectivity index (χ2v) is 3.64. The summed E-state index contributed by atoms with van der Waals surface area (Å²) < 4.78 is 0. The third-order valence-electron chi connectivity index (χ3n) is 1.18. The zero-order valence-electron chi connectivity index (χ0n) is 6.11. The Bertz CT molecular complexity index is 43.7. The van der Waals surface area contributed by atoms with E-state index < -0.39 is 0 Å². The Morgan fingerprint density at radius 2 is 2.00 bits per heavy atom. The first kappa shape index (κ1) is 8.35. The topological polar surface area (TPSA) is 0 Å². The van der Waals surface area contributed by atoms with Gasteiger partial charge >= 0.3 is 0 Å². The lowest BCUT2D eigenvalue weighted by molar-refractivity contribution is 0.902. The number of hydrogen-bond donors (Lipinski definition) is 0. The van der Waals surface area contributed by atoms with E-state index in [0.717, 1.165) is 5.25 Å². The minimum absolute atomic E-state index is 0.870. The van der Waals surface area contributed by atoms with Gasteiger partial charge in [0.05, 0.1) is 0 Å². The summed E-state index contributed by atoms with van der Waals surface area (Å²) >= 11 is 2.08. The van der Waals surface area contributed by atoms with Gasteiger partial charge in [-0.1, -0.05) is 20.8 Å². The molecular weight excluding hydrogens is 116 g/mol. The lowest BCUT2D eigenvalue weighted by Gasteiger charge is -2.04. The monoisotopic (exact) mass is 132 g/mol. The summed E-state index contributed by atoms with van der Waals surface area (Å²) in [6.45, 7) is 6.77. The number of rotatable bonds is 4. The maximum Gasteiger partial charge on any atom is 0.00160 e. The summed E-state index contributed by atoms with van der Waals surface area (Å²) in [5.74, 6) is 1.33. The molecule has 0 aromatic heterocycles. The average molecular weight is 132 g/mol. The third kappa shape index (κ3) is 4.51. The Morgan fingerprint density at radius 3 is 2.38 bits per heavy atom. The van der Waals surface area contributed by atoms with Gasteiger partial charge in [-0.15, -0.1) is 0 Å². The quantitative estimate of drug-likeness (QED) is 0.566. The Morgan fingerprint density at radius 1 is 1.38 bits per heavy atom. The van der Waals surface area contributed by atoms with Gasteiger partial charge in [-0.2, -0.15) is 11.8 Å². The van der Waals surface area contributed by atoms with Crippen molar-refractivity contribution in [3.05, 3.63) is 0 Å². The van der Waals surface area contributed by atoms with Crippen molar-refractivity contribution in [3.63, 3.8) is 0 Å². The van der Waals surface area contributed by atoms with Gasteiger partial charge in [-0.3, -0.25) is 0 Å². The lowest BCUT2D eigenvalue weighted by Crippen LogP contribution is -1.92. The van der Waals surface area contributed by atoms with Crippen LogP contribution in [0, 0.1) is 0 Å². The fraction of sp³-hybridized carbons (Fsp3) is 1.00. The van der Waals surface area contributed by atoms with Crippen LogP contribution in [0.2, 0.25) is 0 Å². The van der Waals surface area contributed by atoms with Crippen LogP contribution in [0.25, 0.3) is 0 Å². The molecule has 0 saturated carbocycles. The van der Waals surface area contributed by atoms with Crippen molar-refractivity contribution in [3.8, 4) is 0 Å². The first-order chi connectivity index (χ1) is 3.81.